The van der Waals surface area contributed by atoms with Crippen LogP contribution in [0.15, 0.2) is 18.2 Å². The van der Waals surface area contributed by atoms with Crippen molar-refractivity contribution in [1.29, 1.82) is 0 Å². The zero-order valence-electron chi connectivity index (χ0n) is 11.2. The molecule has 1 aromatic carbocycles. The van der Waals surface area contributed by atoms with E-state index >= 15 is 0 Å². The zero-order chi connectivity index (χ0) is 13.3. The van der Waals surface area contributed by atoms with Gasteiger partial charge in [-0.15, -0.1) is 0 Å². The summed E-state index contributed by atoms with van der Waals surface area (Å²) in [6.45, 7) is 4.79. The van der Waals surface area contributed by atoms with Gasteiger partial charge in [-0.1, -0.05) is 0 Å². The summed E-state index contributed by atoms with van der Waals surface area (Å²) in [6, 6.07) is 5.86. The molecule has 2 rings (SSSR count). The Balaban J connectivity index is 2.24. The fraction of sp³-hybridized carbons (Fsp3) is 0.500. The molecule has 0 aliphatic carbocycles. The number of benzene rings is 1. The number of carbonyl (C=O) groups is 1. The van der Waals surface area contributed by atoms with Crippen LogP contribution in [0.25, 0.3) is 0 Å². The van der Waals surface area contributed by atoms with Crippen molar-refractivity contribution in [3.63, 3.8) is 0 Å². The van der Waals surface area contributed by atoms with E-state index in [1.807, 2.05) is 32.0 Å². The van der Waals surface area contributed by atoms with Gasteiger partial charge in [-0.25, -0.2) is 0 Å². The average molecular weight is 248 g/mol. The van der Waals surface area contributed by atoms with Gasteiger partial charge in [-0.05, 0) is 37.6 Å². The lowest BCUT2D eigenvalue weighted by Gasteiger charge is -2.28. The first-order chi connectivity index (χ1) is 8.45. The van der Waals surface area contributed by atoms with Crippen molar-refractivity contribution in [2.45, 2.75) is 20.3 Å². The van der Waals surface area contributed by atoms with Crippen LogP contribution in [0.2, 0.25) is 0 Å². The zero-order valence-corrected chi connectivity index (χ0v) is 11.2. The third-order valence-corrected chi connectivity index (χ3v) is 3.45. The quantitative estimate of drug-likeness (QED) is 0.883. The Hall–Kier alpha value is -1.55. The van der Waals surface area contributed by atoms with Gasteiger partial charge in [0.05, 0.1) is 12.0 Å². The first-order valence-electron chi connectivity index (χ1n) is 6.19. The largest absolute Gasteiger partial charge is 0.493 e. The van der Waals surface area contributed by atoms with E-state index in [0.29, 0.717) is 6.54 Å². The summed E-state index contributed by atoms with van der Waals surface area (Å²) >= 11 is 0. The molecule has 0 saturated heterocycles. The van der Waals surface area contributed by atoms with Crippen LogP contribution >= 0.6 is 0 Å². The van der Waals surface area contributed by atoms with E-state index in [1.165, 1.54) is 0 Å². The second kappa shape index (κ2) is 4.61. The molecule has 4 heteroatoms. The van der Waals surface area contributed by atoms with Gasteiger partial charge in [0.2, 0.25) is 5.91 Å². The maximum atomic E-state index is 12.3. The summed E-state index contributed by atoms with van der Waals surface area (Å²) in [6.07, 6.45) is 0.908. The van der Waals surface area contributed by atoms with Crippen LogP contribution in [0.4, 0.5) is 5.69 Å². The topological polar surface area (TPSA) is 55.6 Å². The second-order valence-corrected chi connectivity index (χ2v) is 5.34. The van der Waals surface area contributed by atoms with E-state index < -0.39 is 5.41 Å². The van der Waals surface area contributed by atoms with Gasteiger partial charge < -0.3 is 15.4 Å². The minimum Gasteiger partial charge on any atom is -0.493 e. The molecule has 98 valence electrons. The average Bonchev–Trinajstić information content (AvgIpc) is 2.84. The molecule has 0 spiro atoms. The molecule has 0 atom stereocenters. The molecule has 0 unspecified atom stereocenters. The summed E-state index contributed by atoms with van der Waals surface area (Å²) < 4.78 is 5.46. The molecule has 1 aliphatic heterocycles. The van der Waals surface area contributed by atoms with Crippen molar-refractivity contribution in [2.75, 3.05) is 25.1 Å². The maximum Gasteiger partial charge on any atom is 0.233 e. The minimum atomic E-state index is -0.537. The number of rotatable bonds is 3. The van der Waals surface area contributed by atoms with E-state index in [4.69, 9.17) is 10.5 Å². The van der Waals surface area contributed by atoms with Gasteiger partial charge in [0.1, 0.15) is 5.75 Å². The number of nitrogens with two attached hydrogens (primary N) is 1. The van der Waals surface area contributed by atoms with Gasteiger partial charge in [0, 0.05) is 25.7 Å². The van der Waals surface area contributed by atoms with Gasteiger partial charge in [0.25, 0.3) is 0 Å². The SMILES string of the molecule is CN(C(=O)C(C)(C)CN)c1ccc2c(c1)CCO2. The summed E-state index contributed by atoms with van der Waals surface area (Å²) in [5, 5.41) is 0. The number of anilines is 1. The molecule has 0 saturated carbocycles. The van der Waals surface area contributed by atoms with Crippen LogP contribution in [-0.2, 0) is 11.2 Å². The molecule has 0 fully saturated rings. The molecular weight excluding hydrogens is 228 g/mol. The number of nitrogens with zero attached hydrogens (tertiary/aromatic N) is 1. The van der Waals surface area contributed by atoms with Crippen LogP contribution in [-0.4, -0.2) is 26.1 Å². The lowest BCUT2D eigenvalue weighted by Crippen LogP contribution is -2.42. The highest BCUT2D eigenvalue weighted by atomic mass is 16.5. The van der Waals surface area contributed by atoms with E-state index in [1.54, 1.807) is 11.9 Å². The molecule has 2 N–H and O–H groups in total. The summed E-state index contributed by atoms with van der Waals surface area (Å²) in [5.41, 5.74) is 7.17. The molecule has 1 heterocycles. The lowest BCUT2D eigenvalue weighted by molar-refractivity contribution is -0.125. The Morgan fingerprint density at radius 3 is 2.89 bits per heavy atom. The summed E-state index contributed by atoms with van der Waals surface area (Å²) in [5.74, 6) is 0.960. The molecular formula is C14H20N2O2. The van der Waals surface area contributed by atoms with Crippen LogP contribution in [0.5, 0.6) is 5.75 Å². The monoisotopic (exact) mass is 248 g/mol. The number of hydrogen-bond acceptors (Lipinski definition) is 3. The third-order valence-electron chi connectivity index (χ3n) is 3.45. The van der Waals surface area contributed by atoms with Gasteiger partial charge in [-0.3, -0.25) is 4.79 Å². The van der Waals surface area contributed by atoms with E-state index in [2.05, 4.69) is 0 Å². The molecule has 0 radical (unpaired) electrons. The fourth-order valence-electron chi connectivity index (χ4n) is 2.04. The van der Waals surface area contributed by atoms with Crippen molar-refractivity contribution < 1.29 is 9.53 Å². The van der Waals surface area contributed by atoms with Gasteiger partial charge in [0.15, 0.2) is 0 Å². The van der Waals surface area contributed by atoms with E-state index in [-0.39, 0.29) is 5.91 Å². The van der Waals surface area contributed by atoms with Crippen LogP contribution < -0.4 is 15.4 Å². The third kappa shape index (κ3) is 2.20. The standard InChI is InChI=1S/C14H20N2O2/c1-14(2,9-15)13(17)16(3)11-4-5-12-10(8-11)6-7-18-12/h4-5,8H,6-7,9,15H2,1-3H3. The van der Waals surface area contributed by atoms with E-state index in [9.17, 15) is 4.79 Å². The van der Waals surface area contributed by atoms with Crippen LogP contribution in [0, 0.1) is 5.41 Å². The van der Waals surface area contributed by atoms with Crippen molar-refractivity contribution >= 4 is 11.6 Å². The van der Waals surface area contributed by atoms with Crippen molar-refractivity contribution in [3.05, 3.63) is 23.8 Å². The number of hydrogen-bond donors (Lipinski definition) is 1. The van der Waals surface area contributed by atoms with Crippen molar-refractivity contribution in [2.24, 2.45) is 11.1 Å². The number of amides is 1. The Labute approximate surface area is 108 Å². The normalized spacial score (nSPS) is 14.0. The lowest BCUT2D eigenvalue weighted by atomic mass is 9.92. The minimum absolute atomic E-state index is 0.0314. The predicted octanol–water partition coefficient (Wildman–Crippen LogP) is 1.57. The maximum absolute atomic E-state index is 12.3. The van der Waals surface area contributed by atoms with E-state index in [0.717, 1.165) is 30.0 Å². The summed E-state index contributed by atoms with van der Waals surface area (Å²) in [7, 11) is 1.79. The first-order valence-corrected chi connectivity index (χ1v) is 6.19. The Morgan fingerprint density at radius 1 is 1.50 bits per heavy atom. The number of carbonyl (C=O) groups excluding carboxylic acids is 1. The second-order valence-electron chi connectivity index (χ2n) is 5.34. The van der Waals surface area contributed by atoms with Gasteiger partial charge >= 0.3 is 0 Å². The molecule has 18 heavy (non-hydrogen) atoms. The van der Waals surface area contributed by atoms with Crippen molar-refractivity contribution in [1.82, 2.24) is 0 Å². The van der Waals surface area contributed by atoms with Crippen molar-refractivity contribution in [3.8, 4) is 5.75 Å². The van der Waals surface area contributed by atoms with Gasteiger partial charge in [-0.2, -0.15) is 0 Å². The highest BCUT2D eigenvalue weighted by molar-refractivity contribution is 5.97. The Bertz CT molecular complexity index is 469. The Kier molecular flexibility index (Phi) is 3.30. The smallest absolute Gasteiger partial charge is 0.233 e. The highest BCUT2D eigenvalue weighted by Gasteiger charge is 2.30. The Morgan fingerprint density at radius 2 is 2.22 bits per heavy atom. The molecule has 0 aromatic heterocycles. The molecule has 0 bridgehead atoms. The fourth-order valence-corrected chi connectivity index (χ4v) is 2.04. The number of ether oxygens (including phenoxy) is 1. The molecule has 1 aliphatic rings. The molecule has 4 nitrogen and oxygen atoms in total. The number of fused-ring (bicyclic) bond motifs is 1. The summed E-state index contributed by atoms with van der Waals surface area (Å²) in [4.78, 5) is 14.0. The van der Waals surface area contributed by atoms with Crippen LogP contribution in [0.1, 0.15) is 19.4 Å². The highest BCUT2D eigenvalue weighted by Crippen LogP contribution is 2.30. The van der Waals surface area contributed by atoms with Crippen LogP contribution in [0.3, 0.4) is 0 Å². The molecule has 1 aromatic rings. The first kappa shape index (κ1) is 12.9. The predicted molar refractivity (Wildman–Crippen MR) is 71.9 cm³/mol. The molecule has 1 amide bonds.